The molecule has 0 saturated carbocycles. The quantitative estimate of drug-likeness (QED) is 0.786. The van der Waals surface area contributed by atoms with Gasteiger partial charge in [-0.3, -0.25) is 4.79 Å². The number of carbonyl (C=O) groups is 1. The average molecular weight is 228 g/mol. The summed E-state index contributed by atoms with van der Waals surface area (Å²) in [5, 5.41) is 3.40. The fraction of sp³-hybridized carbons (Fsp3) is 0.364. The molecule has 1 heterocycles. The molecule has 1 aromatic rings. The van der Waals surface area contributed by atoms with E-state index in [-0.39, 0.29) is 17.3 Å². The highest BCUT2D eigenvalue weighted by Crippen LogP contribution is 2.20. The summed E-state index contributed by atoms with van der Waals surface area (Å²) in [6, 6.07) is 4.18. The summed E-state index contributed by atoms with van der Waals surface area (Å²) in [5.41, 5.74) is 0.146. The number of halogens is 2. The molecule has 1 unspecified atom stereocenters. The lowest BCUT2D eigenvalue weighted by atomic mass is 9.97. The fourth-order valence-corrected chi connectivity index (χ4v) is 1.95. The molecule has 2 rings (SSSR count). The number of carbonyl (C=O) groups excluding carboxylic acids is 1. The molecule has 0 radical (unpaired) electrons. The molecule has 0 spiro atoms. The SMILES string of the molecule is O=C(c1ccc(Cl)cc1F)C1CCNC1. The van der Waals surface area contributed by atoms with Crippen molar-refractivity contribution in [1.29, 1.82) is 0 Å². The average Bonchev–Trinajstić information content (AvgIpc) is 2.69. The molecule has 4 heteroatoms. The molecule has 1 aromatic carbocycles. The molecule has 2 nitrogen and oxygen atoms in total. The minimum absolute atomic E-state index is 0.0966. The zero-order chi connectivity index (χ0) is 10.8. The normalized spacial score (nSPS) is 20.5. The van der Waals surface area contributed by atoms with Crippen LogP contribution in [-0.4, -0.2) is 18.9 Å². The van der Waals surface area contributed by atoms with Crippen LogP contribution in [0, 0.1) is 11.7 Å². The summed E-state index contributed by atoms with van der Waals surface area (Å²) in [5.74, 6) is -0.755. The first-order valence-corrected chi connectivity index (χ1v) is 5.26. The Kier molecular flexibility index (Phi) is 3.03. The van der Waals surface area contributed by atoms with Gasteiger partial charge < -0.3 is 5.32 Å². The van der Waals surface area contributed by atoms with Crippen LogP contribution in [0.15, 0.2) is 18.2 Å². The Hall–Kier alpha value is -0.930. The van der Waals surface area contributed by atoms with Crippen LogP contribution in [0.4, 0.5) is 4.39 Å². The Balaban J connectivity index is 2.24. The predicted octanol–water partition coefficient (Wildman–Crippen LogP) is 2.27. The monoisotopic (exact) mass is 227 g/mol. The molecular formula is C11H11ClFNO. The van der Waals surface area contributed by atoms with Crippen molar-refractivity contribution in [3.63, 3.8) is 0 Å². The van der Waals surface area contributed by atoms with Gasteiger partial charge in [-0.15, -0.1) is 0 Å². The Labute approximate surface area is 92.4 Å². The van der Waals surface area contributed by atoms with Crippen LogP contribution >= 0.6 is 11.6 Å². The van der Waals surface area contributed by atoms with Crippen molar-refractivity contribution in [2.45, 2.75) is 6.42 Å². The van der Waals surface area contributed by atoms with Gasteiger partial charge in [0.25, 0.3) is 0 Å². The lowest BCUT2D eigenvalue weighted by Gasteiger charge is -2.08. The molecule has 0 bridgehead atoms. The van der Waals surface area contributed by atoms with Gasteiger partial charge in [-0.05, 0) is 31.2 Å². The van der Waals surface area contributed by atoms with Crippen LogP contribution < -0.4 is 5.32 Å². The van der Waals surface area contributed by atoms with Crippen molar-refractivity contribution in [2.75, 3.05) is 13.1 Å². The highest BCUT2D eigenvalue weighted by Gasteiger charge is 2.25. The van der Waals surface area contributed by atoms with Gasteiger partial charge in [0.2, 0.25) is 0 Å². The zero-order valence-corrected chi connectivity index (χ0v) is 8.85. The van der Waals surface area contributed by atoms with E-state index >= 15 is 0 Å². The van der Waals surface area contributed by atoms with E-state index in [1.165, 1.54) is 12.1 Å². The number of hydrogen-bond acceptors (Lipinski definition) is 2. The molecule has 0 aliphatic carbocycles. The first-order chi connectivity index (χ1) is 7.18. The van der Waals surface area contributed by atoms with Gasteiger partial charge in [-0.25, -0.2) is 4.39 Å². The van der Waals surface area contributed by atoms with Crippen LogP contribution in [0.2, 0.25) is 5.02 Å². The lowest BCUT2D eigenvalue weighted by Crippen LogP contribution is -2.18. The van der Waals surface area contributed by atoms with E-state index in [1.54, 1.807) is 6.07 Å². The van der Waals surface area contributed by atoms with Crippen molar-refractivity contribution in [3.05, 3.63) is 34.6 Å². The Morgan fingerprint density at radius 1 is 1.53 bits per heavy atom. The number of Topliss-reactive ketones (excluding diaryl/α,β-unsaturated/α-hetero) is 1. The van der Waals surface area contributed by atoms with Crippen LogP contribution in [0.5, 0.6) is 0 Å². The summed E-state index contributed by atoms with van der Waals surface area (Å²) in [7, 11) is 0. The molecule has 1 fully saturated rings. The van der Waals surface area contributed by atoms with Crippen LogP contribution in [0.1, 0.15) is 16.8 Å². The first-order valence-electron chi connectivity index (χ1n) is 4.88. The largest absolute Gasteiger partial charge is 0.316 e. The number of benzene rings is 1. The van der Waals surface area contributed by atoms with Gasteiger partial charge in [0.05, 0.1) is 5.56 Å². The van der Waals surface area contributed by atoms with E-state index in [0.29, 0.717) is 11.6 Å². The van der Waals surface area contributed by atoms with Crippen LogP contribution in [0.25, 0.3) is 0 Å². The number of nitrogens with one attached hydrogen (secondary N) is 1. The van der Waals surface area contributed by atoms with E-state index in [4.69, 9.17) is 11.6 Å². The Bertz CT molecular complexity index is 388. The highest BCUT2D eigenvalue weighted by atomic mass is 35.5. The van der Waals surface area contributed by atoms with Gasteiger partial charge in [-0.1, -0.05) is 11.6 Å². The van der Waals surface area contributed by atoms with Gasteiger partial charge in [0.1, 0.15) is 5.82 Å². The van der Waals surface area contributed by atoms with Crippen molar-refractivity contribution >= 4 is 17.4 Å². The van der Waals surface area contributed by atoms with Crippen molar-refractivity contribution in [2.24, 2.45) is 5.92 Å². The Morgan fingerprint density at radius 2 is 2.33 bits per heavy atom. The molecule has 1 aliphatic rings. The number of ketones is 1. The summed E-state index contributed by atoms with van der Waals surface area (Å²) < 4.78 is 13.4. The molecule has 1 aliphatic heterocycles. The minimum Gasteiger partial charge on any atom is -0.316 e. The van der Waals surface area contributed by atoms with Gasteiger partial charge >= 0.3 is 0 Å². The van der Waals surface area contributed by atoms with Crippen LogP contribution in [-0.2, 0) is 0 Å². The Morgan fingerprint density at radius 3 is 2.93 bits per heavy atom. The maximum atomic E-state index is 13.4. The molecule has 1 atom stereocenters. The summed E-state index contributed by atoms with van der Waals surface area (Å²) in [4.78, 5) is 11.9. The summed E-state index contributed by atoms with van der Waals surface area (Å²) >= 11 is 5.62. The smallest absolute Gasteiger partial charge is 0.170 e. The summed E-state index contributed by atoms with van der Waals surface area (Å²) in [6.45, 7) is 1.46. The molecule has 1 saturated heterocycles. The van der Waals surface area contributed by atoms with Gasteiger partial charge in [0, 0.05) is 17.5 Å². The third-order valence-electron chi connectivity index (χ3n) is 2.63. The maximum Gasteiger partial charge on any atom is 0.170 e. The van der Waals surface area contributed by atoms with E-state index in [0.717, 1.165) is 13.0 Å². The lowest BCUT2D eigenvalue weighted by molar-refractivity contribution is 0.0926. The van der Waals surface area contributed by atoms with E-state index in [1.807, 2.05) is 0 Å². The van der Waals surface area contributed by atoms with Gasteiger partial charge in [0.15, 0.2) is 5.78 Å². The third-order valence-corrected chi connectivity index (χ3v) is 2.86. The predicted molar refractivity (Wildman–Crippen MR) is 56.7 cm³/mol. The first kappa shape index (κ1) is 10.6. The van der Waals surface area contributed by atoms with E-state index in [9.17, 15) is 9.18 Å². The highest BCUT2D eigenvalue weighted by molar-refractivity contribution is 6.30. The van der Waals surface area contributed by atoms with Crippen LogP contribution in [0.3, 0.4) is 0 Å². The molecular weight excluding hydrogens is 217 g/mol. The van der Waals surface area contributed by atoms with Gasteiger partial charge in [-0.2, -0.15) is 0 Å². The molecule has 0 amide bonds. The standard InChI is InChI=1S/C11H11ClFNO/c12-8-1-2-9(10(13)5-8)11(15)7-3-4-14-6-7/h1-2,5,7,14H,3-4,6H2. The molecule has 80 valence electrons. The minimum atomic E-state index is -0.528. The topological polar surface area (TPSA) is 29.1 Å². The molecule has 1 N–H and O–H groups in total. The maximum absolute atomic E-state index is 13.4. The van der Waals surface area contributed by atoms with Crippen molar-refractivity contribution in [1.82, 2.24) is 5.32 Å². The second-order valence-electron chi connectivity index (χ2n) is 3.68. The zero-order valence-electron chi connectivity index (χ0n) is 8.09. The second kappa shape index (κ2) is 4.29. The second-order valence-corrected chi connectivity index (χ2v) is 4.11. The van der Waals surface area contributed by atoms with E-state index in [2.05, 4.69) is 5.32 Å². The van der Waals surface area contributed by atoms with E-state index < -0.39 is 5.82 Å². The van der Waals surface area contributed by atoms with Crippen molar-refractivity contribution in [3.8, 4) is 0 Å². The summed E-state index contributed by atoms with van der Waals surface area (Å²) in [6.07, 6.45) is 0.779. The number of rotatable bonds is 2. The number of hydrogen-bond donors (Lipinski definition) is 1. The molecule has 0 aromatic heterocycles. The third kappa shape index (κ3) is 2.19. The fourth-order valence-electron chi connectivity index (χ4n) is 1.79. The molecule has 15 heavy (non-hydrogen) atoms. The van der Waals surface area contributed by atoms with Crippen molar-refractivity contribution < 1.29 is 9.18 Å².